The molecule has 0 aliphatic heterocycles. The summed E-state index contributed by atoms with van der Waals surface area (Å²) in [5.41, 5.74) is 0. The van der Waals surface area contributed by atoms with Crippen molar-refractivity contribution in [1.29, 1.82) is 0 Å². The van der Waals surface area contributed by atoms with E-state index in [0.717, 1.165) is 5.01 Å². The van der Waals surface area contributed by atoms with Crippen LogP contribution in [0.25, 0.3) is 0 Å². The zero-order valence-electron chi connectivity index (χ0n) is 8.66. The number of thiazole rings is 1. The smallest absolute Gasteiger partial charge is 0.349 e. The molecule has 0 aromatic carbocycles. The largest absolute Gasteiger partial charge is 0.465 e. The zero-order chi connectivity index (χ0) is 12.0. The number of rotatable bonds is 5. The van der Waals surface area contributed by atoms with Crippen molar-refractivity contribution in [3.8, 4) is 0 Å². The molecule has 5 nitrogen and oxygen atoms in total. The molecule has 16 heavy (non-hydrogen) atoms. The van der Waals surface area contributed by atoms with Gasteiger partial charge >= 0.3 is 5.97 Å². The third-order valence-corrected chi connectivity index (χ3v) is 3.00. The van der Waals surface area contributed by atoms with Gasteiger partial charge in [0.05, 0.1) is 18.3 Å². The average molecular weight is 263 g/mol. The highest BCUT2D eigenvalue weighted by atomic mass is 35.5. The van der Waals surface area contributed by atoms with E-state index in [9.17, 15) is 9.59 Å². The van der Waals surface area contributed by atoms with E-state index >= 15 is 0 Å². The van der Waals surface area contributed by atoms with E-state index in [-0.39, 0.29) is 11.8 Å². The van der Waals surface area contributed by atoms with Gasteiger partial charge in [-0.2, -0.15) is 0 Å². The van der Waals surface area contributed by atoms with Crippen LogP contribution >= 0.6 is 22.9 Å². The van der Waals surface area contributed by atoms with Gasteiger partial charge in [0.15, 0.2) is 0 Å². The van der Waals surface area contributed by atoms with E-state index in [4.69, 9.17) is 11.6 Å². The number of nitrogens with zero attached hydrogens (tertiary/aromatic N) is 1. The first-order valence-electron chi connectivity index (χ1n) is 4.53. The molecular formula is C9H11ClN2O3S. The number of aromatic nitrogens is 1. The number of hydrogen-bond donors (Lipinski definition) is 1. The first-order chi connectivity index (χ1) is 7.67. The summed E-state index contributed by atoms with van der Waals surface area (Å²) in [5.74, 6) is -0.661. The predicted octanol–water partition coefficient (Wildman–Crippen LogP) is 0.827. The van der Waals surface area contributed by atoms with Crippen molar-refractivity contribution in [3.63, 3.8) is 0 Å². The minimum absolute atomic E-state index is 0.0503. The normalized spacial score (nSPS) is 9.88. The summed E-state index contributed by atoms with van der Waals surface area (Å²) < 4.78 is 4.55. The molecule has 1 N–H and O–H groups in total. The van der Waals surface area contributed by atoms with Crippen LogP contribution in [0, 0.1) is 0 Å². The lowest BCUT2D eigenvalue weighted by Gasteiger charge is -1.99. The van der Waals surface area contributed by atoms with Gasteiger partial charge in [0.25, 0.3) is 0 Å². The molecule has 0 atom stereocenters. The third-order valence-electron chi connectivity index (χ3n) is 1.72. The monoisotopic (exact) mass is 262 g/mol. The van der Waals surface area contributed by atoms with E-state index in [0.29, 0.717) is 17.8 Å². The van der Waals surface area contributed by atoms with Gasteiger partial charge in [-0.25, -0.2) is 9.78 Å². The Labute approximate surface area is 102 Å². The molecule has 0 aliphatic carbocycles. The average Bonchev–Trinajstić information content (AvgIpc) is 2.76. The number of methoxy groups -OCH3 is 1. The molecule has 1 amide bonds. The number of hydrogen-bond acceptors (Lipinski definition) is 5. The molecule has 7 heteroatoms. The number of carbonyl (C=O) groups excluding carboxylic acids is 2. The third kappa shape index (κ3) is 3.79. The number of halogens is 1. The molecule has 0 unspecified atom stereocenters. The number of carbonyl (C=O) groups is 2. The van der Waals surface area contributed by atoms with E-state index in [2.05, 4.69) is 15.0 Å². The molecule has 1 rings (SSSR count). The lowest BCUT2D eigenvalue weighted by atomic mass is 10.4. The maximum Gasteiger partial charge on any atom is 0.349 e. The maximum atomic E-state index is 11.1. The molecule has 0 aliphatic rings. The lowest BCUT2D eigenvalue weighted by Crippen LogP contribution is -2.26. The molecule has 0 spiro atoms. The van der Waals surface area contributed by atoms with Gasteiger partial charge in [0, 0.05) is 13.0 Å². The van der Waals surface area contributed by atoms with Gasteiger partial charge in [0.2, 0.25) is 5.91 Å². The predicted molar refractivity (Wildman–Crippen MR) is 60.9 cm³/mol. The van der Waals surface area contributed by atoms with Crippen molar-refractivity contribution < 1.29 is 14.3 Å². The van der Waals surface area contributed by atoms with E-state index < -0.39 is 5.97 Å². The van der Waals surface area contributed by atoms with Gasteiger partial charge in [0.1, 0.15) is 10.8 Å². The second-order valence-corrected chi connectivity index (χ2v) is 4.23. The van der Waals surface area contributed by atoms with Crippen molar-refractivity contribution in [2.24, 2.45) is 0 Å². The van der Waals surface area contributed by atoms with Crippen molar-refractivity contribution in [2.45, 2.75) is 6.42 Å². The van der Waals surface area contributed by atoms with E-state index in [1.807, 2.05) is 0 Å². The zero-order valence-corrected chi connectivity index (χ0v) is 10.2. The maximum absolute atomic E-state index is 11.1. The van der Waals surface area contributed by atoms with E-state index in [1.54, 1.807) is 0 Å². The van der Waals surface area contributed by atoms with Crippen molar-refractivity contribution >= 4 is 34.8 Å². The van der Waals surface area contributed by atoms with Gasteiger partial charge in [-0.05, 0) is 0 Å². The van der Waals surface area contributed by atoms with Crippen LogP contribution in [0.1, 0.15) is 14.7 Å². The van der Waals surface area contributed by atoms with Crippen LogP contribution in [0.15, 0.2) is 6.20 Å². The van der Waals surface area contributed by atoms with Crippen molar-refractivity contribution in [2.75, 3.05) is 19.5 Å². The second-order valence-electron chi connectivity index (χ2n) is 2.84. The highest BCUT2D eigenvalue weighted by Crippen LogP contribution is 2.13. The molecule has 0 saturated carbocycles. The molecule has 1 heterocycles. The molecule has 1 aromatic heterocycles. The van der Waals surface area contributed by atoms with Crippen LogP contribution in [0.3, 0.4) is 0 Å². The minimum atomic E-state index is -0.395. The number of amides is 1. The number of alkyl halides is 1. The summed E-state index contributed by atoms with van der Waals surface area (Å²) in [6.45, 7) is 0.458. The Bertz CT molecular complexity index is 381. The Morgan fingerprint density at radius 3 is 3.00 bits per heavy atom. The summed E-state index contributed by atoms with van der Waals surface area (Å²) in [5, 5.41) is 3.39. The number of ether oxygens (including phenoxy) is 1. The second kappa shape index (κ2) is 6.44. The number of esters is 1. The Morgan fingerprint density at radius 2 is 2.38 bits per heavy atom. The molecule has 0 radical (unpaired) electrons. The van der Waals surface area contributed by atoms with E-state index in [1.165, 1.54) is 24.6 Å². The summed E-state index contributed by atoms with van der Waals surface area (Å²) in [7, 11) is 1.32. The summed E-state index contributed by atoms with van der Waals surface area (Å²) >= 11 is 6.57. The molecule has 0 saturated heterocycles. The van der Waals surface area contributed by atoms with Crippen molar-refractivity contribution in [1.82, 2.24) is 10.3 Å². The molecule has 0 fully saturated rings. The Hall–Kier alpha value is -1.14. The standard InChI is InChI=1S/C9H11ClN2O3S/c1-15-9(14)6-5-12-8(16-6)2-3-11-7(13)4-10/h5H,2-4H2,1H3,(H,11,13). The quantitative estimate of drug-likeness (QED) is 0.630. The molecular weight excluding hydrogens is 252 g/mol. The Morgan fingerprint density at radius 1 is 1.62 bits per heavy atom. The van der Waals surface area contributed by atoms with Crippen LogP contribution in [-0.4, -0.2) is 36.4 Å². The fourth-order valence-corrected chi connectivity index (χ4v) is 1.91. The topological polar surface area (TPSA) is 68.3 Å². The Balaban J connectivity index is 2.41. The first kappa shape index (κ1) is 12.9. The van der Waals surface area contributed by atoms with Crippen LogP contribution in [0.2, 0.25) is 0 Å². The lowest BCUT2D eigenvalue weighted by molar-refractivity contribution is -0.118. The first-order valence-corrected chi connectivity index (χ1v) is 5.88. The van der Waals surface area contributed by atoms with Crippen LogP contribution in [-0.2, 0) is 16.0 Å². The van der Waals surface area contributed by atoms with Crippen LogP contribution in [0.5, 0.6) is 0 Å². The summed E-state index contributed by atoms with van der Waals surface area (Å²) in [6, 6.07) is 0. The van der Waals surface area contributed by atoms with Crippen LogP contribution in [0.4, 0.5) is 0 Å². The van der Waals surface area contributed by atoms with Crippen LogP contribution < -0.4 is 5.32 Å². The van der Waals surface area contributed by atoms with Gasteiger partial charge in [-0.1, -0.05) is 0 Å². The highest BCUT2D eigenvalue weighted by Gasteiger charge is 2.10. The highest BCUT2D eigenvalue weighted by molar-refractivity contribution is 7.13. The van der Waals surface area contributed by atoms with Gasteiger partial charge in [-0.15, -0.1) is 22.9 Å². The summed E-state index contributed by atoms with van der Waals surface area (Å²) in [4.78, 5) is 26.4. The number of nitrogens with one attached hydrogen (secondary N) is 1. The fourth-order valence-electron chi connectivity index (χ4n) is 0.977. The summed E-state index contributed by atoms with van der Waals surface area (Å²) in [6.07, 6.45) is 2.04. The van der Waals surface area contributed by atoms with Gasteiger partial charge in [-0.3, -0.25) is 4.79 Å². The minimum Gasteiger partial charge on any atom is -0.465 e. The Kier molecular flexibility index (Phi) is 5.21. The molecule has 88 valence electrons. The van der Waals surface area contributed by atoms with Gasteiger partial charge < -0.3 is 10.1 Å². The van der Waals surface area contributed by atoms with Crippen molar-refractivity contribution in [3.05, 3.63) is 16.1 Å². The SMILES string of the molecule is COC(=O)c1cnc(CCNC(=O)CCl)s1. The fraction of sp³-hybridized carbons (Fsp3) is 0.444. The molecule has 1 aromatic rings. The molecule has 0 bridgehead atoms.